The van der Waals surface area contributed by atoms with Crippen LogP contribution in [0.25, 0.3) is 0 Å². The number of carboxylic acids is 1. The van der Waals surface area contributed by atoms with Gasteiger partial charge < -0.3 is 10.8 Å². The second kappa shape index (κ2) is 6.06. The maximum Gasteiger partial charge on any atom is 0.317 e. The molecular weight excluding hydrogens is 246 g/mol. The maximum absolute atomic E-state index is 13.4. The fourth-order valence-electron chi connectivity index (χ4n) is 1.49. The van der Waals surface area contributed by atoms with Crippen LogP contribution in [0.2, 0.25) is 0 Å². The number of benzene rings is 1. The van der Waals surface area contributed by atoms with E-state index in [0.29, 0.717) is 0 Å². The molecule has 3 N–H and O–H groups in total. The molecule has 0 heterocycles. The second-order valence-electron chi connectivity index (χ2n) is 3.71. The van der Waals surface area contributed by atoms with Crippen molar-refractivity contribution in [2.75, 3.05) is 13.1 Å². The molecule has 0 aliphatic heterocycles. The van der Waals surface area contributed by atoms with Crippen LogP contribution in [-0.2, 0) is 16.1 Å². The summed E-state index contributed by atoms with van der Waals surface area (Å²) in [5.74, 6) is -3.58. The summed E-state index contributed by atoms with van der Waals surface area (Å²) in [5.41, 5.74) is 4.65. The predicted octanol–water partition coefficient (Wildman–Crippen LogP) is 0.337. The molecule has 1 aromatic rings. The Balaban J connectivity index is 2.88. The van der Waals surface area contributed by atoms with E-state index in [1.807, 2.05) is 0 Å². The highest BCUT2D eigenvalue weighted by atomic mass is 19.1. The van der Waals surface area contributed by atoms with Gasteiger partial charge in [-0.15, -0.1) is 0 Å². The fraction of sp³-hybridized carbons (Fsp3) is 0.273. The zero-order chi connectivity index (χ0) is 13.7. The van der Waals surface area contributed by atoms with Crippen LogP contribution in [0.15, 0.2) is 18.2 Å². The molecule has 7 heteroatoms. The zero-order valence-corrected chi connectivity index (χ0v) is 9.40. The monoisotopic (exact) mass is 258 g/mol. The van der Waals surface area contributed by atoms with Gasteiger partial charge in [-0.1, -0.05) is 6.07 Å². The quantitative estimate of drug-likeness (QED) is 0.770. The first kappa shape index (κ1) is 14.0. The lowest BCUT2D eigenvalue weighted by Gasteiger charge is -2.19. The molecule has 0 saturated heterocycles. The fourth-order valence-corrected chi connectivity index (χ4v) is 1.49. The average molecular weight is 258 g/mol. The Morgan fingerprint density at radius 2 is 1.78 bits per heavy atom. The maximum atomic E-state index is 13.4. The van der Waals surface area contributed by atoms with E-state index in [1.165, 1.54) is 6.07 Å². The number of hydrogen-bond donors (Lipinski definition) is 2. The summed E-state index contributed by atoms with van der Waals surface area (Å²) >= 11 is 0. The number of carbonyl (C=O) groups is 2. The van der Waals surface area contributed by atoms with Gasteiger partial charge in [0.2, 0.25) is 5.91 Å². The summed E-state index contributed by atoms with van der Waals surface area (Å²) in [4.78, 5) is 22.4. The highest BCUT2D eigenvalue weighted by Crippen LogP contribution is 2.14. The Bertz CT molecular complexity index is 429. The Hall–Kier alpha value is -2.02. The van der Waals surface area contributed by atoms with Crippen molar-refractivity contribution in [3.8, 4) is 0 Å². The molecule has 18 heavy (non-hydrogen) atoms. The smallest absolute Gasteiger partial charge is 0.317 e. The molecule has 0 aliphatic rings. The molecule has 0 spiro atoms. The normalized spacial score (nSPS) is 10.6. The first-order valence-electron chi connectivity index (χ1n) is 5.05. The van der Waals surface area contributed by atoms with Crippen molar-refractivity contribution in [2.45, 2.75) is 6.54 Å². The van der Waals surface area contributed by atoms with Crippen LogP contribution < -0.4 is 5.73 Å². The first-order chi connectivity index (χ1) is 8.40. The van der Waals surface area contributed by atoms with Crippen LogP contribution in [0.3, 0.4) is 0 Å². The van der Waals surface area contributed by atoms with Gasteiger partial charge in [0.25, 0.3) is 0 Å². The average Bonchev–Trinajstić information content (AvgIpc) is 2.21. The number of primary amides is 1. The molecule has 0 unspecified atom stereocenters. The van der Waals surface area contributed by atoms with E-state index >= 15 is 0 Å². The SMILES string of the molecule is NC(=O)CN(CC(=O)O)Cc1c(F)cccc1F. The number of carbonyl (C=O) groups excluding carboxylic acids is 1. The number of halogens is 2. The van der Waals surface area contributed by atoms with Crippen molar-refractivity contribution in [1.82, 2.24) is 4.90 Å². The standard InChI is InChI=1S/C11H12F2N2O3/c12-8-2-1-3-9(13)7(8)4-15(5-10(14)16)6-11(17)18/h1-3H,4-6H2,(H2,14,16)(H,17,18). The Labute approximate surface area is 102 Å². The highest BCUT2D eigenvalue weighted by molar-refractivity contribution is 5.77. The van der Waals surface area contributed by atoms with Gasteiger partial charge >= 0.3 is 5.97 Å². The van der Waals surface area contributed by atoms with Crippen LogP contribution >= 0.6 is 0 Å². The van der Waals surface area contributed by atoms with Crippen LogP contribution in [0.1, 0.15) is 5.56 Å². The topological polar surface area (TPSA) is 83.6 Å². The minimum absolute atomic E-state index is 0.292. The zero-order valence-electron chi connectivity index (χ0n) is 9.40. The number of aliphatic carboxylic acids is 1. The molecule has 98 valence electrons. The first-order valence-corrected chi connectivity index (χ1v) is 5.05. The lowest BCUT2D eigenvalue weighted by atomic mass is 10.2. The third kappa shape index (κ3) is 4.10. The van der Waals surface area contributed by atoms with Crippen LogP contribution in [-0.4, -0.2) is 35.0 Å². The minimum atomic E-state index is -1.21. The number of nitrogens with zero attached hydrogens (tertiary/aromatic N) is 1. The summed E-state index contributed by atoms with van der Waals surface area (Å²) in [6.07, 6.45) is 0. The van der Waals surface area contributed by atoms with Crippen molar-refractivity contribution in [3.63, 3.8) is 0 Å². The van der Waals surface area contributed by atoms with Crippen molar-refractivity contribution in [2.24, 2.45) is 5.73 Å². The molecule has 0 bridgehead atoms. The molecule has 0 radical (unpaired) electrons. The number of carboxylic acid groups (broad SMARTS) is 1. The Kier molecular flexibility index (Phi) is 4.73. The van der Waals surface area contributed by atoms with Gasteiger partial charge in [-0.05, 0) is 12.1 Å². The minimum Gasteiger partial charge on any atom is -0.480 e. The Morgan fingerprint density at radius 1 is 1.22 bits per heavy atom. The number of hydrogen-bond acceptors (Lipinski definition) is 3. The summed E-state index contributed by atoms with van der Waals surface area (Å²) in [7, 11) is 0. The van der Waals surface area contributed by atoms with Gasteiger partial charge in [-0.25, -0.2) is 8.78 Å². The lowest BCUT2D eigenvalue weighted by Crippen LogP contribution is -2.37. The summed E-state index contributed by atoms with van der Waals surface area (Å²) in [5, 5.41) is 8.63. The third-order valence-electron chi connectivity index (χ3n) is 2.18. The molecule has 1 rings (SSSR count). The summed E-state index contributed by atoms with van der Waals surface area (Å²) < 4.78 is 26.7. The molecule has 0 aromatic heterocycles. The van der Waals surface area contributed by atoms with Crippen molar-refractivity contribution in [3.05, 3.63) is 35.4 Å². The molecule has 0 aliphatic carbocycles. The van der Waals surface area contributed by atoms with Crippen molar-refractivity contribution >= 4 is 11.9 Å². The van der Waals surface area contributed by atoms with E-state index < -0.39 is 30.1 Å². The lowest BCUT2D eigenvalue weighted by molar-refractivity contribution is -0.138. The third-order valence-corrected chi connectivity index (χ3v) is 2.18. The highest BCUT2D eigenvalue weighted by Gasteiger charge is 2.17. The number of rotatable bonds is 6. The largest absolute Gasteiger partial charge is 0.480 e. The van der Waals surface area contributed by atoms with Gasteiger partial charge in [-0.3, -0.25) is 14.5 Å². The van der Waals surface area contributed by atoms with E-state index in [1.54, 1.807) is 0 Å². The van der Waals surface area contributed by atoms with Crippen LogP contribution in [0, 0.1) is 11.6 Å². The molecule has 0 atom stereocenters. The van der Waals surface area contributed by atoms with Crippen molar-refractivity contribution in [1.29, 1.82) is 0 Å². The van der Waals surface area contributed by atoms with E-state index in [-0.39, 0.29) is 18.7 Å². The van der Waals surface area contributed by atoms with Crippen LogP contribution in [0.5, 0.6) is 0 Å². The summed E-state index contributed by atoms with van der Waals surface area (Å²) in [6, 6.07) is 3.31. The van der Waals surface area contributed by atoms with Crippen LogP contribution in [0.4, 0.5) is 8.78 Å². The molecule has 1 aromatic carbocycles. The van der Waals surface area contributed by atoms with E-state index in [0.717, 1.165) is 17.0 Å². The molecule has 5 nitrogen and oxygen atoms in total. The predicted molar refractivity (Wildman–Crippen MR) is 58.5 cm³/mol. The van der Waals surface area contributed by atoms with Crippen molar-refractivity contribution < 1.29 is 23.5 Å². The van der Waals surface area contributed by atoms with Gasteiger partial charge in [0.15, 0.2) is 0 Å². The van der Waals surface area contributed by atoms with Gasteiger partial charge in [0, 0.05) is 12.1 Å². The molecule has 1 amide bonds. The molecule has 0 saturated carbocycles. The summed E-state index contributed by atoms with van der Waals surface area (Å²) in [6.45, 7) is -1.26. The van der Waals surface area contributed by atoms with Gasteiger partial charge in [-0.2, -0.15) is 0 Å². The Morgan fingerprint density at radius 3 is 2.22 bits per heavy atom. The van der Waals surface area contributed by atoms with E-state index in [4.69, 9.17) is 10.8 Å². The van der Waals surface area contributed by atoms with E-state index in [2.05, 4.69) is 0 Å². The second-order valence-corrected chi connectivity index (χ2v) is 3.71. The number of amides is 1. The van der Waals surface area contributed by atoms with Gasteiger partial charge in [0.05, 0.1) is 13.1 Å². The molecule has 0 fully saturated rings. The van der Waals surface area contributed by atoms with Gasteiger partial charge in [0.1, 0.15) is 11.6 Å². The number of nitrogens with two attached hydrogens (primary N) is 1. The van der Waals surface area contributed by atoms with E-state index in [9.17, 15) is 18.4 Å². The molecular formula is C11H12F2N2O3.